The summed E-state index contributed by atoms with van der Waals surface area (Å²) in [5.41, 5.74) is 1.51. The van der Waals surface area contributed by atoms with Crippen molar-refractivity contribution in [2.75, 3.05) is 29.2 Å². The summed E-state index contributed by atoms with van der Waals surface area (Å²) in [7, 11) is 0. The molecule has 0 saturated carbocycles. The molecule has 0 saturated heterocycles. The number of aliphatic hydroxyl groups excluding tert-OH is 1. The number of amides is 1. The molecule has 0 aliphatic carbocycles. The van der Waals surface area contributed by atoms with E-state index in [0.29, 0.717) is 25.2 Å². The van der Waals surface area contributed by atoms with E-state index in [4.69, 9.17) is 16.9 Å². The van der Waals surface area contributed by atoms with Crippen LogP contribution in [0.2, 0.25) is 0 Å². The van der Waals surface area contributed by atoms with E-state index < -0.39 is 6.10 Å². The molecule has 0 aliphatic rings. The van der Waals surface area contributed by atoms with Gasteiger partial charge >= 0.3 is 0 Å². The van der Waals surface area contributed by atoms with E-state index in [-0.39, 0.29) is 11.8 Å². The Hall–Kier alpha value is -1.77. The van der Waals surface area contributed by atoms with Crippen LogP contribution >= 0.6 is 11.6 Å². The number of rotatable bonds is 7. The Labute approximate surface area is 123 Å². The Balaban J connectivity index is 2.88. The van der Waals surface area contributed by atoms with Gasteiger partial charge < -0.3 is 15.3 Å². The third-order valence-electron chi connectivity index (χ3n) is 2.63. The molecule has 0 aromatic heterocycles. The highest BCUT2D eigenvalue weighted by molar-refractivity contribution is 6.18. The van der Waals surface area contributed by atoms with Crippen molar-refractivity contribution in [3.63, 3.8) is 0 Å². The second-order valence-electron chi connectivity index (χ2n) is 4.39. The van der Waals surface area contributed by atoms with Gasteiger partial charge in [0.1, 0.15) is 0 Å². The zero-order valence-corrected chi connectivity index (χ0v) is 12.1. The van der Waals surface area contributed by atoms with E-state index in [1.165, 1.54) is 6.92 Å². The molecule has 1 amide bonds. The average molecular weight is 296 g/mol. The number of carbonyl (C=O) groups excluding carboxylic acids is 1. The lowest BCUT2D eigenvalue weighted by Crippen LogP contribution is -2.34. The van der Waals surface area contributed by atoms with Crippen molar-refractivity contribution < 1.29 is 9.90 Å². The number of nitriles is 1. The topological polar surface area (TPSA) is 76.4 Å². The predicted octanol–water partition coefficient (Wildman–Crippen LogP) is 1.96. The molecular formula is C14H18ClN3O2. The van der Waals surface area contributed by atoms with Crippen LogP contribution in [0.3, 0.4) is 0 Å². The summed E-state index contributed by atoms with van der Waals surface area (Å²) >= 11 is 5.62. The third kappa shape index (κ3) is 5.47. The summed E-state index contributed by atoms with van der Waals surface area (Å²) in [5, 5.41) is 21.1. The van der Waals surface area contributed by atoms with E-state index in [0.717, 1.165) is 5.69 Å². The van der Waals surface area contributed by atoms with Crippen molar-refractivity contribution in [3.05, 3.63) is 24.3 Å². The van der Waals surface area contributed by atoms with Gasteiger partial charge in [0.2, 0.25) is 5.91 Å². The first kappa shape index (κ1) is 16.3. The minimum atomic E-state index is -0.667. The summed E-state index contributed by atoms with van der Waals surface area (Å²) in [6, 6.07) is 9.35. The first-order valence-electron chi connectivity index (χ1n) is 6.30. The summed E-state index contributed by atoms with van der Waals surface area (Å²) in [6.07, 6.45) is -0.320. The number of halogens is 1. The Bertz CT molecular complexity index is 488. The van der Waals surface area contributed by atoms with E-state index in [9.17, 15) is 9.90 Å². The van der Waals surface area contributed by atoms with Crippen molar-refractivity contribution in [3.8, 4) is 6.07 Å². The van der Waals surface area contributed by atoms with Crippen LogP contribution in [0.4, 0.5) is 11.4 Å². The average Bonchev–Trinajstić information content (AvgIpc) is 2.42. The molecule has 0 aliphatic heterocycles. The predicted molar refractivity (Wildman–Crippen MR) is 79.9 cm³/mol. The number of alkyl halides is 1. The lowest BCUT2D eigenvalue weighted by molar-refractivity contribution is -0.114. The molecule has 1 unspecified atom stereocenters. The number of hydrogen-bond acceptors (Lipinski definition) is 4. The van der Waals surface area contributed by atoms with E-state index >= 15 is 0 Å². The molecule has 0 heterocycles. The molecule has 0 spiro atoms. The van der Waals surface area contributed by atoms with Crippen molar-refractivity contribution >= 4 is 28.9 Å². The van der Waals surface area contributed by atoms with Crippen LogP contribution in [-0.2, 0) is 4.79 Å². The standard InChI is InChI=1S/C14H18ClN3O2/c1-11(19)17-12-4-2-5-13(8-12)18(7-3-6-16)10-14(20)9-15/h2,4-5,8,14,20H,3,7,9-10H2,1H3,(H,17,19). The molecule has 20 heavy (non-hydrogen) atoms. The van der Waals surface area contributed by atoms with Crippen LogP contribution in [0.1, 0.15) is 13.3 Å². The zero-order chi connectivity index (χ0) is 15.0. The Morgan fingerprint density at radius 2 is 2.35 bits per heavy atom. The molecular weight excluding hydrogens is 278 g/mol. The van der Waals surface area contributed by atoms with E-state index in [1.54, 1.807) is 12.1 Å². The minimum absolute atomic E-state index is 0.133. The van der Waals surface area contributed by atoms with Gasteiger partial charge in [-0.2, -0.15) is 5.26 Å². The number of nitrogens with zero attached hydrogens (tertiary/aromatic N) is 2. The maximum absolute atomic E-state index is 11.1. The van der Waals surface area contributed by atoms with Gasteiger partial charge in [-0.3, -0.25) is 4.79 Å². The van der Waals surface area contributed by atoms with Gasteiger partial charge in [-0.15, -0.1) is 11.6 Å². The fraction of sp³-hybridized carbons (Fsp3) is 0.429. The molecule has 0 bridgehead atoms. The van der Waals surface area contributed by atoms with E-state index in [1.807, 2.05) is 17.0 Å². The maximum atomic E-state index is 11.1. The molecule has 1 atom stereocenters. The quantitative estimate of drug-likeness (QED) is 0.754. The fourth-order valence-electron chi connectivity index (χ4n) is 1.80. The van der Waals surface area contributed by atoms with Crippen LogP contribution in [0, 0.1) is 11.3 Å². The lowest BCUT2D eigenvalue weighted by Gasteiger charge is -2.26. The molecule has 0 radical (unpaired) electrons. The number of anilines is 2. The van der Waals surface area contributed by atoms with E-state index in [2.05, 4.69) is 11.4 Å². The molecule has 1 aromatic carbocycles. The van der Waals surface area contributed by atoms with Gasteiger partial charge in [0.15, 0.2) is 0 Å². The van der Waals surface area contributed by atoms with Gasteiger partial charge in [-0.1, -0.05) is 6.07 Å². The summed E-state index contributed by atoms with van der Waals surface area (Å²) in [5.74, 6) is -0.0134. The lowest BCUT2D eigenvalue weighted by atomic mass is 10.2. The largest absolute Gasteiger partial charge is 0.390 e. The molecule has 5 nitrogen and oxygen atoms in total. The Kier molecular flexibility index (Phi) is 6.85. The molecule has 2 N–H and O–H groups in total. The number of carbonyl (C=O) groups is 1. The number of aliphatic hydroxyl groups is 1. The van der Waals surface area contributed by atoms with Gasteiger partial charge in [-0.05, 0) is 18.2 Å². The van der Waals surface area contributed by atoms with Gasteiger partial charge in [0.05, 0.1) is 24.5 Å². The first-order chi connectivity index (χ1) is 9.56. The maximum Gasteiger partial charge on any atom is 0.221 e. The number of benzene rings is 1. The molecule has 108 valence electrons. The molecule has 1 aromatic rings. The second kappa shape index (κ2) is 8.41. The normalized spacial score (nSPS) is 11.5. The fourth-order valence-corrected chi connectivity index (χ4v) is 1.90. The smallest absolute Gasteiger partial charge is 0.221 e. The molecule has 0 fully saturated rings. The SMILES string of the molecule is CC(=O)Nc1cccc(N(CCC#N)CC(O)CCl)c1. The first-order valence-corrected chi connectivity index (χ1v) is 6.84. The van der Waals surface area contributed by atoms with Crippen LogP contribution in [-0.4, -0.2) is 36.1 Å². The second-order valence-corrected chi connectivity index (χ2v) is 4.70. The van der Waals surface area contributed by atoms with Crippen molar-refractivity contribution in [2.24, 2.45) is 0 Å². The summed E-state index contributed by atoms with van der Waals surface area (Å²) in [4.78, 5) is 12.9. The monoisotopic (exact) mass is 295 g/mol. The Morgan fingerprint density at radius 3 is 2.95 bits per heavy atom. The highest BCUT2D eigenvalue weighted by atomic mass is 35.5. The van der Waals surface area contributed by atoms with Crippen LogP contribution in [0.5, 0.6) is 0 Å². The number of hydrogen-bond donors (Lipinski definition) is 2. The highest BCUT2D eigenvalue weighted by Gasteiger charge is 2.12. The van der Waals surface area contributed by atoms with Crippen molar-refractivity contribution in [1.82, 2.24) is 0 Å². The summed E-state index contributed by atoms with van der Waals surface area (Å²) in [6.45, 7) is 2.28. The molecule has 6 heteroatoms. The van der Waals surface area contributed by atoms with Crippen molar-refractivity contribution in [1.29, 1.82) is 5.26 Å². The highest BCUT2D eigenvalue weighted by Crippen LogP contribution is 2.20. The Morgan fingerprint density at radius 1 is 1.60 bits per heavy atom. The summed E-state index contributed by atoms with van der Waals surface area (Å²) < 4.78 is 0. The van der Waals surface area contributed by atoms with Gasteiger partial charge in [0.25, 0.3) is 0 Å². The van der Waals surface area contributed by atoms with Gasteiger partial charge in [0, 0.05) is 31.4 Å². The number of nitrogens with one attached hydrogen (secondary N) is 1. The third-order valence-corrected chi connectivity index (χ3v) is 2.99. The van der Waals surface area contributed by atoms with Crippen molar-refractivity contribution in [2.45, 2.75) is 19.4 Å². The molecule has 1 rings (SSSR count). The van der Waals surface area contributed by atoms with Gasteiger partial charge in [-0.25, -0.2) is 0 Å². The minimum Gasteiger partial charge on any atom is -0.390 e. The van der Waals surface area contributed by atoms with Crippen LogP contribution < -0.4 is 10.2 Å². The van der Waals surface area contributed by atoms with Crippen LogP contribution in [0.25, 0.3) is 0 Å². The van der Waals surface area contributed by atoms with Crippen LogP contribution in [0.15, 0.2) is 24.3 Å². The zero-order valence-electron chi connectivity index (χ0n) is 11.3.